The van der Waals surface area contributed by atoms with Gasteiger partial charge in [0.05, 0.1) is 0 Å². The summed E-state index contributed by atoms with van der Waals surface area (Å²) in [5.74, 6) is -0.207. The largest absolute Gasteiger partial charge is 0.349 e. The van der Waals surface area contributed by atoms with Crippen molar-refractivity contribution in [3.8, 4) is 0 Å². The highest BCUT2D eigenvalue weighted by Gasteiger charge is 2.04. The highest BCUT2D eigenvalue weighted by Crippen LogP contribution is 2.04. The summed E-state index contributed by atoms with van der Waals surface area (Å²) in [6, 6.07) is 16.1. The van der Waals surface area contributed by atoms with E-state index in [0.29, 0.717) is 17.7 Å². The molecule has 0 spiro atoms. The van der Waals surface area contributed by atoms with Crippen molar-refractivity contribution in [1.82, 2.24) is 14.9 Å². The van der Waals surface area contributed by atoms with E-state index in [-0.39, 0.29) is 27.7 Å². The second-order valence-electron chi connectivity index (χ2n) is 6.44. The smallest absolute Gasteiger partial charge is 0.274 e. The summed E-state index contributed by atoms with van der Waals surface area (Å²) < 4.78 is 1.33. The van der Waals surface area contributed by atoms with Crippen molar-refractivity contribution in [2.45, 2.75) is 0 Å². The first-order valence-corrected chi connectivity index (χ1v) is 9.06. The number of nitrogens with one attached hydrogen (secondary N) is 2. The molecule has 0 unspecified atom stereocenters. The fourth-order valence-electron chi connectivity index (χ4n) is 2.81. The van der Waals surface area contributed by atoms with E-state index < -0.39 is 0 Å². The fourth-order valence-corrected chi connectivity index (χ4v) is 2.81. The van der Waals surface area contributed by atoms with Crippen LogP contribution in [-0.2, 0) is 7.05 Å². The van der Waals surface area contributed by atoms with Crippen molar-refractivity contribution in [2.75, 3.05) is 6.54 Å². The van der Waals surface area contributed by atoms with Gasteiger partial charge in [-0.1, -0.05) is 48.5 Å². The number of aromatic amines is 1. The first-order valence-electron chi connectivity index (χ1n) is 9.06. The normalized spacial score (nSPS) is 12.0. The van der Waals surface area contributed by atoms with Crippen LogP contribution in [0.15, 0.2) is 76.8 Å². The Morgan fingerprint density at radius 3 is 2.34 bits per heavy atom. The molecule has 6 nitrogen and oxygen atoms in total. The molecular formula is C23H21N3O3. The summed E-state index contributed by atoms with van der Waals surface area (Å²) >= 11 is 0. The van der Waals surface area contributed by atoms with Crippen LogP contribution in [0.4, 0.5) is 0 Å². The number of hydrogen-bond acceptors (Lipinski definition) is 3. The lowest BCUT2D eigenvalue weighted by atomic mass is 10.1. The maximum absolute atomic E-state index is 12.7. The number of carbonyl (C=O) groups is 1. The highest BCUT2D eigenvalue weighted by molar-refractivity contribution is 5.94. The lowest BCUT2D eigenvalue weighted by molar-refractivity contribution is 0.0958. The molecule has 2 N–H and O–H groups in total. The molecule has 0 aliphatic rings. The summed E-state index contributed by atoms with van der Waals surface area (Å²) in [6.45, 7) is 3.94. The maximum Gasteiger partial charge on any atom is 0.274 e. The zero-order chi connectivity index (χ0) is 20.8. The fraction of sp³-hybridized carbons (Fsp3) is 0.0870. The monoisotopic (exact) mass is 387 g/mol. The zero-order valence-corrected chi connectivity index (χ0v) is 16.0. The number of aromatic nitrogens is 2. The lowest BCUT2D eigenvalue weighted by Gasteiger charge is -2.03. The van der Waals surface area contributed by atoms with E-state index >= 15 is 0 Å². The number of benzene rings is 2. The van der Waals surface area contributed by atoms with Crippen molar-refractivity contribution in [2.24, 2.45) is 7.05 Å². The molecule has 1 heterocycles. The molecule has 3 rings (SSSR count). The molecule has 1 aromatic heterocycles. The van der Waals surface area contributed by atoms with Crippen LogP contribution in [0.1, 0.15) is 21.5 Å². The van der Waals surface area contributed by atoms with Crippen molar-refractivity contribution < 1.29 is 4.79 Å². The Hall–Kier alpha value is -3.93. The molecule has 0 saturated heterocycles. The predicted octanol–water partition coefficient (Wildman–Crippen LogP) is 0.647. The second-order valence-corrected chi connectivity index (χ2v) is 6.44. The standard InChI is InChI=1S/C23H21N3O3/c1-3-13-24-21(27)18-11-9-17(10-12-18)14-19-23(29)26(2)20(22(28)25-19)15-16-7-5-4-6-8-16/h3-12,14-15H,1,13H2,2H3,(H,24,27)(H,25,28)/b19-14-,20-15-. The predicted molar refractivity (Wildman–Crippen MR) is 114 cm³/mol. The Labute approximate surface area is 167 Å². The van der Waals surface area contributed by atoms with E-state index in [2.05, 4.69) is 16.9 Å². The third kappa shape index (κ3) is 4.68. The molecule has 0 atom stereocenters. The lowest BCUT2D eigenvalue weighted by Crippen LogP contribution is -2.52. The molecule has 0 aliphatic heterocycles. The SMILES string of the molecule is C=CCNC(=O)c1ccc(/C=c2\[nH]c(=O)/c(=C/c3ccccc3)n(C)c2=O)cc1. The van der Waals surface area contributed by atoms with Crippen molar-refractivity contribution >= 4 is 18.1 Å². The average molecular weight is 387 g/mol. The molecule has 146 valence electrons. The van der Waals surface area contributed by atoms with Crippen molar-refractivity contribution in [3.05, 3.63) is 115 Å². The molecule has 3 aromatic rings. The van der Waals surface area contributed by atoms with E-state index in [0.717, 1.165) is 5.56 Å². The minimum absolute atomic E-state index is 0.173. The average Bonchev–Trinajstić information content (AvgIpc) is 2.74. The molecule has 0 radical (unpaired) electrons. The first-order chi connectivity index (χ1) is 14.0. The van der Waals surface area contributed by atoms with Crippen LogP contribution in [0.2, 0.25) is 0 Å². The molecular weight excluding hydrogens is 366 g/mol. The van der Waals surface area contributed by atoms with Gasteiger partial charge in [-0.15, -0.1) is 6.58 Å². The van der Waals surface area contributed by atoms with Crippen LogP contribution in [0.25, 0.3) is 12.2 Å². The molecule has 0 bridgehead atoms. The number of rotatable bonds is 5. The Morgan fingerprint density at radius 1 is 1.03 bits per heavy atom. The number of nitrogens with zero attached hydrogens (tertiary/aromatic N) is 1. The zero-order valence-electron chi connectivity index (χ0n) is 16.0. The van der Waals surface area contributed by atoms with Gasteiger partial charge >= 0.3 is 0 Å². The van der Waals surface area contributed by atoms with E-state index in [4.69, 9.17) is 0 Å². The number of H-pyrrole nitrogens is 1. The molecule has 29 heavy (non-hydrogen) atoms. The summed E-state index contributed by atoms with van der Waals surface area (Å²) in [5.41, 5.74) is 1.34. The molecule has 1 amide bonds. The minimum atomic E-state index is -0.359. The van der Waals surface area contributed by atoms with Gasteiger partial charge in [-0.05, 0) is 35.4 Å². The van der Waals surface area contributed by atoms with Gasteiger partial charge in [-0.25, -0.2) is 0 Å². The first kappa shape index (κ1) is 19.8. The van der Waals surface area contributed by atoms with Gasteiger partial charge in [0.15, 0.2) is 0 Å². The summed E-state index contributed by atoms with van der Waals surface area (Å²) in [6.07, 6.45) is 4.85. The molecule has 2 aromatic carbocycles. The van der Waals surface area contributed by atoms with Gasteiger partial charge < -0.3 is 14.9 Å². The number of carbonyl (C=O) groups excluding carboxylic acids is 1. The molecule has 6 heteroatoms. The van der Waals surface area contributed by atoms with Crippen LogP contribution in [0.3, 0.4) is 0 Å². The molecule has 0 fully saturated rings. The summed E-state index contributed by atoms with van der Waals surface area (Å²) in [7, 11) is 1.57. The van der Waals surface area contributed by atoms with E-state index in [1.54, 1.807) is 49.5 Å². The van der Waals surface area contributed by atoms with Gasteiger partial charge in [-0.3, -0.25) is 14.4 Å². The Morgan fingerprint density at radius 2 is 1.69 bits per heavy atom. The Balaban J connectivity index is 2.00. The van der Waals surface area contributed by atoms with Gasteiger partial charge in [0.1, 0.15) is 10.7 Å². The molecule has 0 saturated carbocycles. The minimum Gasteiger partial charge on any atom is -0.349 e. The van der Waals surface area contributed by atoms with E-state index in [1.165, 1.54) is 4.57 Å². The third-order valence-corrected chi connectivity index (χ3v) is 4.37. The topological polar surface area (TPSA) is 84.0 Å². The maximum atomic E-state index is 12.7. The quantitative estimate of drug-likeness (QED) is 0.631. The second kappa shape index (κ2) is 8.84. The number of hydrogen-bond donors (Lipinski definition) is 2. The van der Waals surface area contributed by atoms with Gasteiger partial charge in [0.25, 0.3) is 17.0 Å². The molecule has 0 aliphatic carbocycles. The highest BCUT2D eigenvalue weighted by atomic mass is 16.2. The van der Waals surface area contributed by atoms with E-state index in [1.807, 2.05) is 30.3 Å². The Kier molecular flexibility index (Phi) is 6.04. The summed E-state index contributed by atoms with van der Waals surface area (Å²) in [5, 5.41) is 3.14. The van der Waals surface area contributed by atoms with Crippen LogP contribution in [0.5, 0.6) is 0 Å². The van der Waals surface area contributed by atoms with Crippen LogP contribution in [-0.4, -0.2) is 22.0 Å². The number of amides is 1. The van der Waals surface area contributed by atoms with Gasteiger partial charge in [0, 0.05) is 19.2 Å². The van der Waals surface area contributed by atoms with E-state index in [9.17, 15) is 14.4 Å². The summed E-state index contributed by atoms with van der Waals surface area (Å²) in [4.78, 5) is 39.8. The van der Waals surface area contributed by atoms with Crippen LogP contribution in [0, 0.1) is 0 Å². The van der Waals surface area contributed by atoms with Crippen LogP contribution >= 0.6 is 0 Å². The van der Waals surface area contributed by atoms with Crippen molar-refractivity contribution in [1.29, 1.82) is 0 Å². The van der Waals surface area contributed by atoms with Gasteiger partial charge in [-0.2, -0.15) is 0 Å². The van der Waals surface area contributed by atoms with Crippen molar-refractivity contribution in [3.63, 3.8) is 0 Å². The van der Waals surface area contributed by atoms with Crippen LogP contribution < -0.4 is 27.1 Å². The van der Waals surface area contributed by atoms with Gasteiger partial charge in [0.2, 0.25) is 0 Å². The third-order valence-electron chi connectivity index (χ3n) is 4.37. The Bertz CT molecular complexity index is 1270.